The number of carbonyl (C=O) groups excluding carboxylic acids is 1. The Bertz CT molecular complexity index is 381. The smallest absolute Gasteiger partial charge is 0.245 e. The molecule has 0 spiro atoms. The lowest BCUT2D eigenvalue weighted by atomic mass is 9.69. The van der Waals surface area contributed by atoms with Crippen LogP contribution in [0.1, 0.15) is 77.0 Å². The third-order valence-electron chi connectivity index (χ3n) is 6.62. The molecule has 0 atom stereocenters. The Kier molecular flexibility index (Phi) is 8.28. The summed E-state index contributed by atoms with van der Waals surface area (Å²) in [4.78, 5) is 13.6. The van der Waals surface area contributed by atoms with E-state index in [-0.39, 0.29) is 12.6 Å². The van der Waals surface area contributed by atoms with E-state index in [0.717, 1.165) is 43.4 Å². The predicted molar refractivity (Wildman–Crippen MR) is 98.6 cm³/mol. The van der Waals surface area contributed by atoms with Crippen LogP contribution in [0.3, 0.4) is 0 Å². The summed E-state index contributed by atoms with van der Waals surface area (Å²) in [6, 6.07) is 0.415. The summed E-state index contributed by atoms with van der Waals surface area (Å²) >= 11 is 0. The van der Waals surface area contributed by atoms with Crippen LogP contribution in [0, 0.1) is 17.8 Å². The van der Waals surface area contributed by atoms with Crippen LogP contribution in [-0.4, -0.2) is 30.6 Å². The van der Waals surface area contributed by atoms with Crippen LogP contribution in [0.5, 0.6) is 0 Å². The first-order valence-electron chi connectivity index (χ1n) is 10.1. The third-order valence-corrected chi connectivity index (χ3v) is 6.62. The van der Waals surface area contributed by atoms with Crippen molar-refractivity contribution in [1.29, 1.82) is 0 Å². The molecule has 0 aromatic heterocycles. The Hall–Kier alpha value is -0.860. The number of likely N-dealkylation sites (N-methyl/N-ethyl adjacent to an activating group) is 1. The zero-order valence-corrected chi connectivity index (χ0v) is 15.5. The van der Waals surface area contributed by atoms with Crippen molar-refractivity contribution < 1.29 is 9.18 Å². The number of alkyl halides is 1. The monoisotopic (exact) mass is 337 g/mol. The van der Waals surface area contributed by atoms with Gasteiger partial charge in [-0.1, -0.05) is 38.7 Å². The number of halogens is 1. The van der Waals surface area contributed by atoms with E-state index in [2.05, 4.69) is 6.58 Å². The van der Waals surface area contributed by atoms with Gasteiger partial charge < -0.3 is 4.90 Å². The lowest BCUT2D eigenvalue weighted by molar-refractivity contribution is -0.127. The summed E-state index contributed by atoms with van der Waals surface area (Å²) in [6.07, 6.45) is 16.2. The molecular formula is C21H36FNO. The Labute approximate surface area is 147 Å². The Morgan fingerprint density at radius 3 is 2.12 bits per heavy atom. The van der Waals surface area contributed by atoms with Gasteiger partial charge in [0, 0.05) is 13.1 Å². The highest BCUT2D eigenvalue weighted by Gasteiger charge is 2.32. The van der Waals surface area contributed by atoms with Gasteiger partial charge in [0.25, 0.3) is 0 Å². The van der Waals surface area contributed by atoms with Crippen molar-refractivity contribution in [3.63, 3.8) is 0 Å². The van der Waals surface area contributed by atoms with Crippen molar-refractivity contribution in [1.82, 2.24) is 4.90 Å². The molecule has 1 amide bonds. The van der Waals surface area contributed by atoms with Crippen LogP contribution < -0.4 is 0 Å². The third kappa shape index (κ3) is 5.60. The van der Waals surface area contributed by atoms with Crippen molar-refractivity contribution >= 4 is 5.91 Å². The van der Waals surface area contributed by atoms with E-state index in [1.165, 1.54) is 57.4 Å². The number of hydrogen-bond acceptors (Lipinski definition) is 1. The molecule has 0 aromatic rings. The molecule has 0 N–H and O–H groups in total. The van der Waals surface area contributed by atoms with Crippen LogP contribution in [0.15, 0.2) is 12.7 Å². The van der Waals surface area contributed by atoms with Crippen molar-refractivity contribution in [2.24, 2.45) is 17.8 Å². The molecule has 2 nitrogen and oxygen atoms in total. The van der Waals surface area contributed by atoms with E-state index < -0.39 is 0 Å². The fraction of sp³-hybridized carbons (Fsp3) is 0.857. The predicted octanol–water partition coefficient (Wildman–Crippen LogP) is 5.53. The highest BCUT2D eigenvalue weighted by atomic mass is 19.1. The maximum atomic E-state index is 12.1. The number of nitrogens with zero attached hydrogens (tertiary/aromatic N) is 1. The van der Waals surface area contributed by atoms with Gasteiger partial charge in [-0.05, 0) is 68.8 Å². The Balaban J connectivity index is 1.65. The number of amides is 1. The van der Waals surface area contributed by atoms with E-state index >= 15 is 0 Å². The molecule has 2 saturated carbocycles. The van der Waals surface area contributed by atoms with Gasteiger partial charge in [-0.25, -0.2) is 0 Å². The topological polar surface area (TPSA) is 20.3 Å². The molecule has 0 aromatic carbocycles. The molecule has 0 saturated heterocycles. The summed E-state index contributed by atoms with van der Waals surface area (Å²) in [6.45, 7) is 3.44. The summed E-state index contributed by atoms with van der Waals surface area (Å²) in [7, 11) is 1.92. The van der Waals surface area contributed by atoms with Crippen molar-refractivity contribution in [2.75, 3.05) is 13.7 Å². The molecule has 2 aliphatic carbocycles. The second kappa shape index (κ2) is 10.2. The summed E-state index contributed by atoms with van der Waals surface area (Å²) in [5.41, 5.74) is 0. The van der Waals surface area contributed by atoms with Gasteiger partial charge in [-0.3, -0.25) is 9.18 Å². The second-order valence-corrected chi connectivity index (χ2v) is 8.04. The van der Waals surface area contributed by atoms with Crippen molar-refractivity contribution in [3.8, 4) is 0 Å². The largest absolute Gasteiger partial charge is 0.339 e. The van der Waals surface area contributed by atoms with Crippen molar-refractivity contribution in [3.05, 3.63) is 12.7 Å². The molecule has 2 aliphatic rings. The van der Waals surface area contributed by atoms with Crippen molar-refractivity contribution in [2.45, 2.75) is 83.1 Å². The fourth-order valence-corrected chi connectivity index (χ4v) is 4.94. The van der Waals surface area contributed by atoms with E-state index in [4.69, 9.17) is 0 Å². The van der Waals surface area contributed by atoms with Crippen LogP contribution in [0.25, 0.3) is 0 Å². The zero-order valence-electron chi connectivity index (χ0n) is 15.5. The van der Waals surface area contributed by atoms with Gasteiger partial charge in [0.1, 0.15) is 0 Å². The highest BCUT2D eigenvalue weighted by molar-refractivity contribution is 5.87. The number of hydrogen-bond donors (Lipinski definition) is 0. The molecule has 0 bridgehead atoms. The molecular weight excluding hydrogens is 301 g/mol. The number of unbranched alkanes of at least 4 members (excludes halogenated alkanes) is 2. The summed E-state index contributed by atoms with van der Waals surface area (Å²) in [5, 5.41) is 0. The standard InChI is InChI=1S/C21H36FNO/c1-3-21(24)23(2)20-14-12-19(13-15-20)18-10-8-17(9-11-18)7-5-4-6-16-22/h3,17-20H,1,4-16H2,2H3. The first-order chi connectivity index (χ1) is 11.7. The highest BCUT2D eigenvalue weighted by Crippen LogP contribution is 2.41. The van der Waals surface area contributed by atoms with Gasteiger partial charge in [0.15, 0.2) is 0 Å². The molecule has 138 valence electrons. The van der Waals surface area contributed by atoms with Crippen LogP contribution in [0.2, 0.25) is 0 Å². The molecule has 2 rings (SSSR count). The molecule has 0 radical (unpaired) electrons. The van der Waals surface area contributed by atoms with E-state index in [1.54, 1.807) is 0 Å². The van der Waals surface area contributed by atoms with E-state index in [0.29, 0.717) is 6.04 Å². The molecule has 0 heterocycles. The lowest BCUT2D eigenvalue weighted by Crippen LogP contribution is -2.39. The minimum absolute atomic E-state index is 0.0618. The normalized spacial score (nSPS) is 30.8. The minimum Gasteiger partial charge on any atom is -0.339 e. The van der Waals surface area contributed by atoms with Crippen LogP contribution in [0.4, 0.5) is 4.39 Å². The lowest BCUT2D eigenvalue weighted by Gasteiger charge is -2.40. The van der Waals surface area contributed by atoms with E-state index in [9.17, 15) is 9.18 Å². The quantitative estimate of drug-likeness (QED) is 0.421. The molecule has 24 heavy (non-hydrogen) atoms. The number of rotatable bonds is 8. The van der Waals surface area contributed by atoms with Gasteiger partial charge in [-0.2, -0.15) is 0 Å². The van der Waals surface area contributed by atoms with Crippen LogP contribution >= 0.6 is 0 Å². The first-order valence-corrected chi connectivity index (χ1v) is 10.1. The molecule has 0 unspecified atom stereocenters. The van der Waals surface area contributed by atoms with Gasteiger partial charge in [-0.15, -0.1) is 0 Å². The maximum absolute atomic E-state index is 12.1. The minimum atomic E-state index is -0.150. The Morgan fingerprint density at radius 2 is 1.58 bits per heavy atom. The SMILES string of the molecule is C=CC(=O)N(C)C1CCC(C2CCC(CCCCCF)CC2)CC1. The fourth-order valence-electron chi connectivity index (χ4n) is 4.94. The van der Waals surface area contributed by atoms with E-state index in [1.807, 2.05) is 11.9 Å². The average molecular weight is 338 g/mol. The first kappa shape index (κ1) is 19.5. The van der Waals surface area contributed by atoms with Crippen LogP contribution in [-0.2, 0) is 4.79 Å². The Morgan fingerprint density at radius 1 is 1.00 bits per heavy atom. The zero-order chi connectivity index (χ0) is 17.4. The number of carbonyl (C=O) groups is 1. The van der Waals surface area contributed by atoms with Gasteiger partial charge >= 0.3 is 0 Å². The summed E-state index contributed by atoms with van der Waals surface area (Å²) in [5.74, 6) is 2.75. The average Bonchev–Trinajstić information content (AvgIpc) is 2.64. The molecule has 3 heteroatoms. The maximum Gasteiger partial charge on any atom is 0.245 e. The second-order valence-electron chi connectivity index (χ2n) is 8.04. The van der Waals surface area contributed by atoms with Gasteiger partial charge in [0.05, 0.1) is 6.67 Å². The summed E-state index contributed by atoms with van der Waals surface area (Å²) < 4.78 is 12.1. The molecule has 0 aliphatic heterocycles. The van der Waals surface area contributed by atoms with Gasteiger partial charge in [0.2, 0.25) is 5.91 Å². The molecule has 2 fully saturated rings.